The zero-order valence-electron chi connectivity index (χ0n) is 21.5. The SMILES string of the molecule is C[C@H]1CN([C@@H](C)CO)C(=O)Cc2cc(NC(=O)C3CC3)ccc2O[C@H]1CN(C)Cc1ccc(Cl)c(Cl)c1. The van der Waals surface area contributed by atoms with Crippen molar-refractivity contribution in [3.8, 4) is 5.75 Å². The smallest absolute Gasteiger partial charge is 0.227 e. The van der Waals surface area contributed by atoms with E-state index in [-0.39, 0.29) is 48.8 Å². The number of amides is 2. The number of nitrogens with zero attached hydrogens (tertiary/aromatic N) is 2. The van der Waals surface area contributed by atoms with Gasteiger partial charge in [0, 0.05) is 42.7 Å². The van der Waals surface area contributed by atoms with Crippen molar-refractivity contribution < 1.29 is 19.4 Å². The molecule has 2 amide bonds. The first kappa shape index (κ1) is 27.7. The first-order valence-electron chi connectivity index (χ1n) is 12.8. The van der Waals surface area contributed by atoms with E-state index in [1.165, 1.54) is 0 Å². The van der Waals surface area contributed by atoms with Crippen LogP contribution in [0.3, 0.4) is 0 Å². The lowest BCUT2D eigenvalue weighted by atomic mass is 10.0. The van der Waals surface area contributed by atoms with Crippen LogP contribution in [0.2, 0.25) is 10.0 Å². The number of nitrogens with one attached hydrogen (secondary N) is 1. The Bertz CT molecular complexity index is 1140. The van der Waals surface area contributed by atoms with E-state index in [4.69, 9.17) is 27.9 Å². The quantitative estimate of drug-likeness (QED) is 0.503. The van der Waals surface area contributed by atoms with E-state index in [0.29, 0.717) is 41.1 Å². The van der Waals surface area contributed by atoms with Gasteiger partial charge >= 0.3 is 0 Å². The molecule has 2 aromatic carbocycles. The van der Waals surface area contributed by atoms with Crippen LogP contribution in [-0.4, -0.2) is 65.6 Å². The average Bonchev–Trinajstić information content (AvgIpc) is 3.70. The van der Waals surface area contributed by atoms with Gasteiger partial charge in [0.15, 0.2) is 0 Å². The minimum absolute atomic E-state index is 0.00518. The molecule has 0 bridgehead atoms. The second kappa shape index (κ2) is 12.0. The van der Waals surface area contributed by atoms with Gasteiger partial charge in [-0.25, -0.2) is 0 Å². The number of rotatable bonds is 8. The van der Waals surface area contributed by atoms with Gasteiger partial charge in [0.05, 0.1) is 29.1 Å². The number of ether oxygens (including phenoxy) is 1. The molecule has 7 nitrogen and oxygen atoms in total. The van der Waals surface area contributed by atoms with Crippen molar-refractivity contribution in [3.05, 3.63) is 57.6 Å². The third kappa shape index (κ3) is 7.17. The normalized spacial score (nSPS) is 20.9. The monoisotopic (exact) mass is 547 g/mol. The van der Waals surface area contributed by atoms with Gasteiger partial charge < -0.3 is 20.1 Å². The summed E-state index contributed by atoms with van der Waals surface area (Å²) < 4.78 is 6.57. The number of fused-ring (bicyclic) bond motifs is 1. The second-order valence-electron chi connectivity index (χ2n) is 10.4. The van der Waals surface area contributed by atoms with Crippen molar-refractivity contribution in [2.75, 3.05) is 32.1 Å². The molecule has 2 aromatic rings. The van der Waals surface area contributed by atoms with Crippen molar-refractivity contribution >= 4 is 40.7 Å². The molecule has 2 N–H and O–H groups in total. The number of hydrogen-bond acceptors (Lipinski definition) is 5. The standard InChI is InChI=1S/C28H35Cl2N3O4/c1-17-13-33(18(2)16-34)27(35)12-21-11-22(31-28(36)20-5-6-20)7-9-25(21)37-26(17)15-32(3)14-19-4-8-23(29)24(30)10-19/h4,7-11,17-18,20,26,34H,5-6,12-16H2,1-3H3,(H,31,36)/t17-,18-,26-/m0/s1. The third-order valence-corrected chi connectivity index (χ3v) is 7.80. The number of anilines is 1. The Kier molecular flexibility index (Phi) is 9.01. The van der Waals surface area contributed by atoms with E-state index in [9.17, 15) is 14.7 Å². The minimum Gasteiger partial charge on any atom is -0.488 e. The molecule has 3 atom stereocenters. The molecule has 1 saturated carbocycles. The van der Waals surface area contributed by atoms with Crippen molar-refractivity contribution in [1.82, 2.24) is 9.80 Å². The molecule has 9 heteroatoms. The Balaban J connectivity index is 1.58. The lowest BCUT2D eigenvalue weighted by Gasteiger charge is -2.34. The number of aliphatic hydroxyl groups is 1. The summed E-state index contributed by atoms with van der Waals surface area (Å²) in [5.41, 5.74) is 2.42. The number of carbonyl (C=O) groups excluding carboxylic acids is 2. The Hall–Kier alpha value is -2.32. The summed E-state index contributed by atoms with van der Waals surface area (Å²) in [6.45, 7) is 5.52. The molecule has 1 heterocycles. The molecule has 0 unspecified atom stereocenters. The predicted molar refractivity (Wildman–Crippen MR) is 146 cm³/mol. The number of aliphatic hydroxyl groups excluding tert-OH is 1. The molecule has 0 radical (unpaired) electrons. The Morgan fingerprint density at radius 1 is 1.22 bits per heavy atom. The fraction of sp³-hybridized carbons (Fsp3) is 0.500. The van der Waals surface area contributed by atoms with Gasteiger partial charge in [-0.2, -0.15) is 0 Å². The topological polar surface area (TPSA) is 82.1 Å². The average molecular weight is 549 g/mol. The number of hydrogen-bond donors (Lipinski definition) is 2. The highest BCUT2D eigenvalue weighted by Gasteiger charge is 2.32. The summed E-state index contributed by atoms with van der Waals surface area (Å²) >= 11 is 12.3. The van der Waals surface area contributed by atoms with Gasteiger partial charge in [0.2, 0.25) is 11.8 Å². The van der Waals surface area contributed by atoms with Crippen molar-refractivity contribution in [2.45, 2.75) is 51.8 Å². The third-order valence-electron chi connectivity index (χ3n) is 7.06. The zero-order valence-corrected chi connectivity index (χ0v) is 23.1. The molecule has 37 heavy (non-hydrogen) atoms. The molecular formula is C28H35Cl2N3O4. The molecule has 0 spiro atoms. The molecule has 1 fully saturated rings. The van der Waals surface area contributed by atoms with E-state index in [1.807, 2.05) is 44.3 Å². The number of likely N-dealkylation sites (N-methyl/N-ethyl adjacent to an activating group) is 1. The van der Waals surface area contributed by atoms with Crippen LogP contribution in [0.1, 0.15) is 37.8 Å². The zero-order chi connectivity index (χ0) is 26.7. The molecule has 0 aromatic heterocycles. The summed E-state index contributed by atoms with van der Waals surface area (Å²) in [7, 11) is 2.02. The van der Waals surface area contributed by atoms with Crippen LogP contribution < -0.4 is 10.1 Å². The first-order chi connectivity index (χ1) is 17.6. The highest BCUT2D eigenvalue weighted by Crippen LogP contribution is 2.33. The van der Waals surface area contributed by atoms with Gasteiger partial charge in [-0.1, -0.05) is 36.2 Å². The van der Waals surface area contributed by atoms with Gasteiger partial charge in [-0.15, -0.1) is 0 Å². The van der Waals surface area contributed by atoms with E-state index < -0.39 is 0 Å². The number of halogens is 2. The van der Waals surface area contributed by atoms with Gasteiger partial charge in [-0.3, -0.25) is 14.5 Å². The second-order valence-corrected chi connectivity index (χ2v) is 11.2. The van der Waals surface area contributed by atoms with Crippen LogP contribution in [0, 0.1) is 11.8 Å². The molecule has 1 aliphatic carbocycles. The van der Waals surface area contributed by atoms with Crippen LogP contribution in [-0.2, 0) is 22.6 Å². The summed E-state index contributed by atoms with van der Waals surface area (Å²) in [6.07, 6.45) is 1.74. The Morgan fingerprint density at radius 2 is 1.97 bits per heavy atom. The number of carbonyl (C=O) groups is 2. The Morgan fingerprint density at radius 3 is 2.65 bits per heavy atom. The first-order valence-corrected chi connectivity index (χ1v) is 13.5. The lowest BCUT2D eigenvalue weighted by Crippen LogP contribution is -2.47. The van der Waals surface area contributed by atoms with E-state index in [2.05, 4.69) is 17.1 Å². The fourth-order valence-electron chi connectivity index (χ4n) is 4.64. The van der Waals surface area contributed by atoms with Crippen molar-refractivity contribution in [2.24, 2.45) is 11.8 Å². The predicted octanol–water partition coefficient (Wildman–Crippen LogP) is 4.62. The largest absolute Gasteiger partial charge is 0.488 e. The molecule has 1 aliphatic heterocycles. The summed E-state index contributed by atoms with van der Waals surface area (Å²) in [5.74, 6) is 0.653. The highest BCUT2D eigenvalue weighted by molar-refractivity contribution is 6.42. The molecule has 200 valence electrons. The molecule has 2 aliphatic rings. The van der Waals surface area contributed by atoms with E-state index >= 15 is 0 Å². The van der Waals surface area contributed by atoms with Gasteiger partial charge in [0.1, 0.15) is 11.9 Å². The summed E-state index contributed by atoms with van der Waals surface area (Å²) in [6, 6.07) is 10.8. The maximum absolute atomic E-state index is 13.3. The molecular weight excluding hydrogens is 513 g/mol. The van der Waals surface area contributed by atoms with Crippen LogP contribution in [0.5, 0.6) is 5.75 Å². The van der Waals surface area contributed by atoms with E-state index in [0.717, 1.165) is 24.0 Å². The van der Waals surface area contributed by atoms with E-state index in [1.54, 1.807) is 11.0 Å². The van der Waals surface area contributed by atoms with Crippen LogP contribution >= 0.6 is 23.2 Å². The highest BCUT2D eigenvalue weighted by atomic mass is 35.5. The van der Waals surface area contributed by atoms with Crippen molar-refractivity contribution in [1.29, 1.82) is 0 Å². The Labute approximate surface area is 228 Å². The molecule has 0 saturated heterocycles. The van der Waals surface area contributed by atoms with Crippen molar-refractivity contribution in [3.63, 3.8) is 0 Å². The van der Waals surface area contributed by atoms with Crippen LogP contribution in [0.4, 0.5) is 5.69 Å². The minimum atomic E-state index is -0.316. The summed E-state index contributed by atoms with van der Waals surface area (Å²) in [5, 5.41) is 13.8. The number of benzene rings is 2. The maximum Gasteiger partial charge on any atom is 0.227 e. The summed E-state index contributed by atoms with van der Waals surface area (Å²) in [4.78, 5) is 29.6. The van der Waals surface area contributed by atoms with Crippen LogP contribution in [0.25, 0.3) is 0 Å². The fourth-order valence-corrected chi connectivity index (χ4v) is 4.96. The lowest BCUT2D eigenvalue weighted by molar-refractivity contribution is -0.134. The van der Waals surface area contributed by atoms with Crippen LogP contribution in [0.15, 0.2) is 36.4 Å². The van der Waals surface area contributed by atoms with Gasteiger partial charge in [-0.05, 0) is 62.7 Å². The molecule has 4 rings (SSSR count). The maximum atomic E-state index is 13.3. The van der Waals surface area contributed by atoms with Gasteiger partial charge in [0.25, 0.3) is 0 Å².